The Morgan fingerprint density at radius 1 is 1.20 bits per heavy atom. The first-order valence-electron chi connectivity index (χ1n) is 7.13. The molecule has 1 fully saturated rings. The number of nitrogens with two attached hydrogens (primary N) is 1. The minimum absolute atomic E-state index is 0.339. The zero-order valence-electron chi connectivity index (χ0n) is 12.1. The molecule has 0 aliphatic carbocycles. The van der Waals surface area contributed by atoms with Gasteiger partial charge in [-0.3, -0.25) is 16.2 Å². The van der Waals surface area contributed by atoms with Gasteiger partial charge < -0.3 is 0 Å². The summed E-state index contributed by atoms with van der Waals surface area (Å²) in [5.41, 5.74) is 2.78. The largest absolute Gasteiger partial charge is 0.296 e. The molecule has 1 saturated heterocycles. The van der Waals surface area contributed by atoms with Gasteiger partial charge in [-0.2, -0.15) is 0 Å². The minimum atomic E-state index is -0.571. The van der Waals surface area contributed by atoms with Crippen LogP contribution in [0.4, 0.5) is 8.78 Å². The van der Waals surface area contributed by atoms with Crippen molar-refractivity contribution in [3.63, 3.8) is 0 Å². The maximum Gasteiger partial charge on any atom is 0.131 e. The second kappa shape index (κ2) is 6.16. The van der Waals surface area contributed by atoms with Gasteiger partial charge >= 0.3 is 0 Å². The predicted molar refractivity (Wildman–Crippen MR) is 75.9 cm³/mol. The van der Waals surface area contributed by atoms with E-state index >= 15 is 0 Å². The Kier molecular flexibility index (Phi) is 4.73. The van der Waals surface area contributed by atoms with E-state index in [4.69, 9.17) is 5.84 Å². The van der Waals surface area contributed by atoms with Gasteiger partial charge in [0.05, 0.1) is 6.04 Å². The lowest BCUT2D eigenvalue weighted by molar-refractivity contribution is 0.0596. The molecule has 0 amide bonds. The summed E-state index contributed by atoms with van der Waals surface area (Å²) >= 11 is 0. The lowest BCUT2D eigenvalue weighted by Crippen LogP contribution is -2.55. The van der Waals surface area contributed by atoms with Crippen LogP contribution in [0.25, 0.3) is 0 Å². The molecule has 1 aliphatic heterocycles. The van der Waals surface area contributed by atoms with Crippen molar-refractivity contribution in [3.8, 4) is 0 Å². The molecule has 1 aromatic rings. The highest BCUT2D eigenvalue weighted by Gasteiger charge is 2.37. The van der Waals surface area contributed by atoms with Gasteiger partial charge in [-0.15, -0.1) is 0 Å². The number of piperidine rings is 1. The van der Waals surface area contributed by atoms with E-state index in [0.29, 0.717) is 5.56 Å². The first kappa shape index (κ1) is 15.4. The third-order valence-corrected chi connectivity index (χ3v) is 4.32. The molecule has 3 N–H and O–H groups in total. The third kappa shape index (κ3) is 3.00. The number of benzene rings is 1. The molecule has 112 valence electrons. The van der Waals surface area contributed by atoms with Crippen molar-refractivity contribution in [2.75, 3.05) is 13.1 Å². The van der Waals surface area contributed by atoms with Crippen LogP contribution in [0, 0.1) is 11.6 Å². The summed E-state index contributed by atoms with van der Waals surface area (Å²) in [6, 6.07) is 3.27. The second-order valence-electron chi connectivity index (χ2n) is 5.97. The molecule has 5 heteroatoms. The molecular weight excluding hydrogens is 260 g/mol. The number of halogens is 2. The molecule has 0 aromatic heterocycles. The maximum atomic E-state index is 14.0. The van der Waals surface area contributed by atoms with E-state index in [1.807, 2.05) is 13.8 Å². The summed E-state index contributed by atoms with van der Waals surface area (Å²) in [6.07, 6.45) is 3.53. The van der Waals surface area contributed by atoms with Crippen molar-refractivity contribution < 1.29 is 8.78 Å². The van der Waals surface area contributed by atoms with E-state index in [2.05, 4.69) is 10.3 Å². The van der Waals surface area contributed by atoms with E-state index < -0.39 is 11.6 Å². The summed E-state index contributed by atoms with van der Waals surface area (Å²) in [5.74, 6) is 4.54. The van der Waals surface area contributed by atoms with Gasteiger partial charge in [-0.25, -0.2) is 8.78 Å². The van der Waals surface area contributed by atoms with Gasteiger partial charge in [-0.1, -0.05) is 12.5 Å². The first-order valence-corrected chi connectivity index (χ1v) is 7.13. The fourth-order valence-corrected chi connectivity index (χ4v) is 3.06. The molecule has 3 nitrogen and oxygen atoms in total. The van der Waals surface area contributed by atoms with Crippen molar-refractivity contribution in [2.45, 2.75) is 44.7 Å². The lowest BCUT2D eigenvalue weighted by Gasteiger charge is -2.45. The molecule has 1 atom stereocenters. The molecule has 1 aliphatic rings. The molecule has 20 heavy (non-hydrogen) atoms. The van der Waals surface area contributed by atoms with Crippen molar-refractivity contribution in [3.05, 3.63) is 35.4 Å². The molecular formula is C15H23F2N3. The fraction of sp³-hybridized carbons (Fsp3) is 0.600. The van der Waals surface area contributed by atoms with Gasteiger partial charge in [0.15, 0.2) is 0 Å². The number of nitrogens with zero attached hydrogens (tertiary/aromatic N) is 1. The van der Waals surface area contributed by atoms with E-state index in [-0.39, 0.29) is 11.6 Å². The zero-order chi connectivity index (χ0) is 14.8. The number of likely N-dealkylation sites (tertiary alicyclic amines) is 1. The number of hydrazine groups is 1. The summed E-state index contributed by atoms with van der Waals surface area (Å²) in [5, 5.41) is 0. The highest BCUT2D eigenvalue weighted by Crippen LogP contribution is 2.33. The van der Waals surface area contributed by atoms with Crippen LogP contribution in [-0.2, 0) is 0 Å². The number of hydrogen-bond donors (Lipinski definition) is 2. The third-order valence-electron chi connectivity index (χ3n) is 4.32. The number of hydrogen-bond acceptors (Lipinski definition) is 3. The SMILES string of the molecule is CC(C)(C(NN)c1ccc(F)cc1F)N1CCCCC1. The summed E-state index contributed by atoms with van der Waals surface area (Å²) < 4.78 is 27.1. The van der Waals surface area contributed by atoms with E-state index in [9.17, 15) is 8.78 Å². The molecule has 0 saturated carbocycles. The van der Waals surface area contributed by atoms with Gasteiger partial charge in [0, 0.05) is 17.2 Å². The Hall–Kier alpha value is -1.04. The van der Waals surface area contributed by atoms with Crippen LogP contribution in [0.15, 0.2) is 18.2 Å². The maximum absolute atomic E-state index is 14.0. The molecule has 2 rings (SSSR count). The second-order valence-corrected chi connectivity index (χ2v) is 5.97. The topological polar surface area (TPSA) is 41.3 Å². The Labute approximate surface area is 119 Å². The molecule has 1 unspecified atom stereocenters. The Balaban J connectivity index is 2.29. The molecule has 0 spiro atoms. The van der Waals surface area contributed by atoms with E-state index in [0.717, 1.165) is 32.0 Å². The summed E-state index contributed by atoms with van der Waals surface area (Å²) in [6.45, 7) is 6.05. The monoisotopic (exact) mass is 283 g/mol. The van der Waals surface area contributed by atoms with E-state index in [1.165, 1.54) is 18.6 Å². The molecule has 1 aromatic carbocycles. The lowest BCUT2D eigenvalue weighted by atomic mass is 9.85. The van der Waals surface area contributed by atoms with Crippen LogP contribution in [0.5, 0.6) is 0 Å². The number of nitrogens with one attached hydrogen (secondary N) is 1. The fourth-order valence-electron chi connectivity index (χ4n) is 3.06. The zero-order valence-corrected chi connectivity index (χ0v) is 12.1. The smallest absolute Gasteiger partial charge is 0.131 e. The molecule has 1 heterocycles. The average molecular weight is 283 g/mol. The van der Waals surface area contributed by atoms with Crippen LogP contribution in [0.1, 0.15) is 44.7 Å². The van der Waals surface area contributed by atoms with Crippen molar-refractivity contribution in [1.29, 1.82) is 0 Å². The van der Waals surface area contributed by atoms with Crippen LogP contribution in [-0.4, -0.2) is 23.5 Å². The Bertz CT molecular complexity index is 456. The highest BCUT2D eigenvalue weighted by atomic mass is 19.1. The van der Waals surface area contributed by atoms with Crippen molar-refractivity contribution in [1.82, 2.24) is 10.3 Å². The van der Waals surface area contributed by atoms with Crippen LogP contribution >= 0.6 is 0 Å². The van der Waals surface area contributed by atoms with Crippen molar-refractivity contribution in [2.24, 2.45) is 5.84 Å². The van der Waals surface area contributed by atoms with Crippen molar-refractivity contribution >= 4 is 0 Å². The van der Waals surface area contributed by atoms with Gasteiger partial charge in [-0.05, 0) is 45.8 Å². The predicted octanol–water partition coefficient (Wildman–Crippen LogP) is 2.73. The minimum Gasteiger partial charge on any atom is -0.296 e. The van der Waals surface area contributed by atoms with Gasteiger partial charge in [0.2, 0.25) is 0 Å². The van der Waals surface area contributed by atoms with Gasteiger partial charge in [0.1, 0.15) is 11.6 Å². The molecule has 0 bridgehead atoms. The van der Waals surface area contributed by atoms with Gasteiger partial charge in [0.25, 0.3) is 0 Å². The normalized spacial score (nSPS) is 19.1. The quantitative estimate of drug-likeness (QED) is 0.659. The average Bonchev–Trinajstić information content (AvgIpc) is 2.43. The molecule has 0 radical (unpaired) electrons. The first-order chi connectivity index (χ1) is 9.46. The van der Waals surface area contributed by atoms with E-state index in [1.54, 1.807) is 0 Å². The number of rotatable bonds is 4. The van der Waals surface area contributed by atoms with Crippen LogP contribution in [0.3, 0.4) is 0 Å². The highest BCUT2D eigenvalue weighted by molar-refractivity contribution is 5.25. The Morgan fingerprint density at radius 2 is 1.85 bits per heavy atom. The summed E-state index contributed by atoms with van der Waals surface area (Å²) in [7, 11) is 0. The van der Waals surface area contributed by atoms with Crippen LogP contribution < -0.4 is 11.3 Å². The van der Waals surface area contributed by atoms with Crippen LogP contribution in [0.2, 0.25) is 0 Å². The standard InChI is InChI=1S/C15H23F2N3/c1-15(2,20-8-4-3-5-9-20)14(19-18)12-7-6-11(16)10-13(12)17/h6-7,10,14,19H,3-5,8-9,18H2,1-2H3. The Morgan fingerprint density at radius 3 is 2.40 bits per heavy atom. The summed E-state index contributed by atoms with van der Waals surface area (Å²) in [4.78, 5) is 2.32.